The Morgan fingerprint density at radius 2 is 1.96 bits per heavy atom. The van der Waals surface area contributed by atoms with Crippen LogP contribution in [0.5, 0.6) is 5.75 Å². The lowest BCUT2D eigenvalue weighted by Crippen LogP contribution is -2.33. The number of carbonyl (C=O) groups is 2. The lowest BCUT2D eigenvalue weighted by Gasteiger charge is -2.22. The largest absolute Gasteiger partial charge is 0.494 e. The lowest BCUT2D eigenvalue weighted by atomic mass is 10.0. The zero-order valence-corrected chi connectivity index (χ0v) is 15.2. The number of aliphatic hydroxyl groups is 1. The summed E-state index contributed by atoms with van der Waals surface area (Å²) in [6.07, 6.45) is 2.13. The highest BCUT2D eigenvalue weighted by Gasteiger charge is 2.16. The van der Waals surface area contributed by atoms with Crippen LogP contribution in [0.4, 0.5) is 11.4 Å². The van der Waals surface area contributed by atoms with Crippen molar-refractivity contribution in [3.05, 3.63) is 54.1 Å². The average Bonchev–Trinajstić information content (AvgIpc) is 2.70. The summed E-state index contributed by atoms with van der Waals surface area (Å²) in [4.78, 5) is 25.5. The first-order valence-corrected chi connectivity index (χ1v) is 9.19. The van der Waals surface area contributed by atoms with Gasteiger partial charge in [0.2, 0.25) is 11.8 Å². The molecule has 6 nitrogen and oxygen atoms in total. The molecule has 6 heteroatoms. The van der Waals surface area contributed by atoms with Crippen LogP contribution in [-0.2, 0) is 16.0 Å². The number of anilines is 2. The number of rotatable bonds is 8. The molecule has 2 aromatic rings. The monoisotopic (exact) mass is 368 g/mol. The Kier molecular flexibility index (Phi) is 6.44. The molecule has 2 amide bonds. The second-order valence-electron chi connectivity index (χ2n) is 6.42. The summed E-state index contributed by atoms with van der Waals surface area (Å²) in [5, 5.41) is 12.1. The van der Waals surface area contributed by atoms with Crippen LogP contribution >= 0.6 is 0 Å². The molecule has 27 heavy (non-hydrogen) atoms. The van der Waals surface area contributed by atoms with Crippen LogP contribution in [0.3, 0.4) is 0 Å². The number of aryl methyl sites for hydroxylation is 1. The highest BCUT2D eigenvalue weighted by atomic mass is 16.5. The van der Waals surface area contributed by atoms with E-state index < -0.39 is 0 Å². The van der Waals surface area contributed by atoms with Gasteiger partial charge in [0, 0.05) is 30.8 Å². The summed E-state index contributed by atoms with van der Waals surface area (Å²) in [6.45, 7) is 0.627. The summed E-state index contributed by atoms with van der Waals surface area (Å²) in [5.74, 6) is 0.750. The summed E-state index contributed by atoms with van der Waals surface area (Å²) in [7, 11) is 0. The molecule has 1 aliphatic heterocycles. The van der Waals surface area contributed by atoms with Crippen LogP contribution in [0.25, 0.3) is 0 Å². The summed E-state index contributed by atoms with van der Waals surface area (Å²) in [6, 6.07) is 15.0. The van der Waals surface area contributed by atoms with Crippen molar-refractivity contribution in [2.75, 3.05) is 30.0 Å². The van der Waals surface area contributed by atoms with Gasteiger partial charge in [-0.15, -0.1) is 0 Å². The van der Waals surface area contributed by atoms with E-state index in [1.54, 1.807) is 4.90 Å². The zero-order chi connectivity index (χ0) is 19.1. The van der Waals surface area contributed by atoms with Gasteiger partial charge in [0.1, 0.15) is 5.75 Å². The van der Waals surface area contributed by atoms with Gasteiger partial charge in [-0.05, 0) is 48.7 Å². The molecule has 0 spiro atoms. The van der Waals surface area contributed by atoms with Crippen molar-refractivity contribution < 1.29 is 19.4 Å². The number of nitrogens with zero attached hydrogens (tertiary/aromatic N) is 1. The third kappa shape index (κ3) is 5.08. The molecule has 0 bridgehead atoms. The van der Waals surface area contributed by atoms with Gasteiger partial charge < -0.3 is 20.1 Å². The van der Waals surface area contributed by atoms with Gasteiger partial charge in [0.15, 0.2) is 0 Å². The molecular weight excluding hydrogens is 344 g/mol. The van der Waals surface area contributed by atoms with Crippen LogP contribution in [0.15, 0.2) is 48.5 Å². The van der Waals surface area contributed by atoms with E-state index in [2.05, 4.69) is 5.32 Å². The summed E-state index contributed by atoms with van der Waals surface area (Å²) >= 11 is 0. The van der Waals surface area contributed by atoms with E-state index in [0.717, 1.165) is 22.7 Å². The van der Waals surface area contributed by atoms with Gasteiger partial charge in [0.05, 0.1) is 13.2 Å². The maximum absolute atomic E-state index is 12.5. The number of fused-ring (bicyclic) bond motifs is 1. The van der Waals surface area contributed by atoms with Crippen LogP contribution in [0.1, 0.15) is 24.8 Å². The molecule has 0 radical (unpaired) electrons. The maximum Gasteiger partial charge on any atom is 0.227 e. The molecule has 1 heterocycles. The number of ether oxygens (including phenoxy) is 1. The SMILES string of the molecule is O=C1CCc2cc(OCCCC(=O)N(CCO)c3ccccc3)ccc2N1. The van der Waals surface area contributed by atoms with Crippen molar-refractivity contribution in [1.29, 1.82) is 0 Å². The Labute approximate surface area is 158 Å². The fourth-order valence-corrected chi connectivity index (χ4v) is 3.10. The van der Waals surface area contributed by atoms with Gasteiger partial charge in [-0.2, -0.15) is 0 Å². The van der Waals surface area contributed by atoms with Crippen LogP contribution in [0, 0.1) is 0 Å². The number of para-hydroxylation sites is 1. The molecule has 1 aliphatic rings. The van der Waals surface area contributed by atoms with E-state index in [1.807, 2.05) is 48.5 Å². The third-order valence-corrected chi connectivity index (χ3v) is 4.47. The highest BCUT2D eigenvalue weighted by Crippen LogP contribution is 2.27. The van der Waals surface area contributed by atoms with E-state index in [-0.39, 0.29) is 25.0 Å². The number of hydrogen-bond donors (Lipinski definition) is 2. The Balaban J connectivity index is 1.49. The molecule has 2 N–H and O–H groups in total. The quantitative estimate of drug-likeness (QED) is 0.702. The van der Waals surface area contributed by atoms with Gasteiger partial charge >= 0.3 is 0 Å². The van der Waals surface area contributed by atoms with Crippen LogP contribution < -0.4 is 15.0 Å². The number of hydrogen-bond acceptors (Lipinski definition) is 4. The maximum atomic E-state index is 12.5. The topological polar surface area (TPSA) is 78.9 Å². The van der Waals surface area contributed by atoms with Crippen molar-refractivity contribution in [2.24, 2.45) is 0 Å². The van der Waals surface area contributed by atoms with E-state index in [4.69, 9.17) is 4.74 Å². The second kappa shape index (κ2) is 9.19. The first-order chi connectivity index (χ1) is 13.2. The van der Waals surface area contributed by atoms with Crippen molar-refractivity contribution in [3.63, 3.8) is 0 Å². The highest BCUT2D eigenvalue weighted by molar-refractivity contribution is 5.94. The number of benzene rings is 2. The Hall–Kier alpha value is -2.86. The Morgan fingerprint density at radius 1 is 1.15 bits per heavy atom. The normalized spacial score (nSPS) is 12.9. The first-order valence-electron chi connectivity index (χ1n) is 9.19. The standard InChI is InChI=1S/C21H24N2O4/c24-13-12-23(17-5-2-1-3-6-17)21(26)7-4-14-27-18-9-10-19-16(15-18)8-11-20(25)22-19/h1-3,5-6,9-10,15,24H,4,7-8,11-14H2,(H,22,25). The molecule has 0 aromatic heterocycles. The van der Waals surface area contributed by atoms with Crippen molar-refractivity contribution in [2.45, 2.75) is 25.7 Å². The average molecular weight is 368 g/mol. The molecule has 3 rings (SSSR count). The molecule has 0 unspecified atom stereocenters. The molecule has 0 aliphatic carbocycles. The predicted octanol–water partition coefficient (Wildman–Crippen LogP) is 2.76. The van der Waals surface area contributed by atoms with Gasteiger partial charge in [-0.3, -0.25) is 9.59 Å². The van der Waals surface area contributed by atoms with E-state index in [0.29, 0.717) is 32.3 Å². The van der Waals surface area contributed by atoms with Gasteiger partial charge in [0.25, 0.3) is 0 Å². The molecular formula is C21H24N2O4. The minimum absolute atomic E-state index is 0.0352. The minimum atomic E-state index is -0.0806. The Bertz CT molecular complexity index is 792. The summed E-state index contributed by atoms with van der Waals surface area (Å²) < 4.78 is 5.76. The zero-order valence-electron chi connectivity index (χ0n) is 15.2. The molecule has 142 valence electrons. The van der Waals surface area contributed by atoms with Gasteiger partial charge in [-0.25, -0.2) is 0 Å². The second-order valence-corrected chi connectivity index (χ2v) is 6.42. The van der Waals surface area contributed by atoms with Crippen LogP contribution in [-0.4, -0.2) is 36.7 Å². The fourth-order valence-electron chi connectivity index (χ4n) is 3.10. The van der Waals surface area contributed by atoms with Crippen molar-refractivity contribution in [3.8, 4) is 5.75 Å². The van der Waals surface area contributed by atoms with E-state index in [1.165, 1.54) is 0 Å². The Morgan fingerprint density at radius 3 is 2.74 bits per heavy atom. The van der Waals surface area contributed by atoms with Crippen molar-refractivity contribution >= 4 is 23.2 Å². The molecule has 0 fully saturated rings. The smallest absolute Gasteiger partial charge is 0.227 e. The first kappa shape index (κ1) is 18.9. The van der Waals surface area contributed by atoms with Gasteiger partial charge in [-0.1, -0.05) is 18.2 Å². The van der Waals surface area contributed by atoms with E-state index >= 15 is 0 Å². The van der Waals surface area contributed by atoms with Crippen molar-refractivity contribution in [1.82, 2.24) is 0 Å². The van der Waals surface area contributed by atoms with Crippen LogP contribution in [0.2, 0.25) is 0 Å². The number of carbonyl (C=O) groups excluding carboxylic acids is 2. The minimum Gasteiger partial charge on any atom is -0.494 e. The molecule has 0 atom stereocenters. The third-order valence-electron chi connectivity index (χ3n) is 4.47. The predicted molar refractivity (Wildman–Crippen MR) is 104 cm³/mol. The fraction of sp³-hybridized carbons (Fsp3) is 0.333. The molecule has 0 saturated heterocycles. The number of aliphatic hydroxyl groups excluding tert-OH is 1. The molecule has 0 saturated carbocycles. The molecule has 2 aromatic carbocycles. The summed E-state index contributed by atoms with van der Waals surface area (Å²) in [5.41, 5.74) is 2.70. The lowest BCUT2D eigenvalue weighted by molar-refractivity contribution is -0.119. The van der Waals surface area contributed by atoms with E-state index in [9.17, 15) is 14.7 Å². The number of nitrogens with one attached hydrogen (secondary N) is 1. The number of amides is 2.